The summed E-state index contributed by atoms with van der Waals surface area (Å²) in [6.07, 6.45) is 2.42. The third-order valence-corrected chi connectivity index (χ3v) is 3.03. The summed E-state index contributed by atoms with van der Waals surface area (Å²) in [6.45, 7) is 3.70. The minimum Gasteiger partial charge on any atom is -0.497 e. The van der Waals surface area contributed by atoms with Gasteiger partial charge >= 0.3 is 0 Å². The second-order valence-corrected chi connectivity index (χ2v) is 4.13. The molecule has 0 saturated carbocycles. The predicted molar refractivity (Wildman–Crippen MR) is 64.4 cm³/mol. The normalized spacial score (nSPS) is 15.2. The molecule has 0 aliphatic carbocycles. The van der Waals surface area contributed by atoms with Gasteiger partial charge in [-0.3, -0.25) is 4.79 Å². The highest BCUT2D eigenvalue weighted by molar-refractivity contribution is 6.00. The summed E-state index contributed by atoms with van der Waals surface area (Å²) < 4.78 is 5.15. The van der Waals surface area contributed by atoms with Crippen LogP contribution in [0.4, 0.5) is 5.69 Å². The summed E-state index contributed by atoms with van der Waals surface area (Å²) in [7, 11) is 1.62. The summed E-state index contributed by atoms with van der Waals surface area (Å²) in [5.41, 5.74) is 1.81. The van der Waals surface area contributed by atoms with Crippen molar-refractivity contribution in [3.63, 3.8) is 0 Å². The van der Waals surface area contributed by atoms with E-state index in [1.165, 1.54) is 12.8 Å². The van der Waals surface area contributed by atoms with E-state index in [1.54, 1.807) is 14.0 Å². The number of anilines is 1. The monoisotopic (exact) mass is 219 g/mol. The third-order valence-electron chi connectivity index (χ3n) is 3.03. The highest BCUT2D eigenvalue weighted by Gasteiger charge is 2.18. The van der Waals surface area contributed by atoms with Crippen molar-refractivity contribution in [3.05, 3.63) is 23.8 Å². The van der Waals surface area contributed by atoms with Crippen LogP contribution in [0.2, 0.25) is 0 Å². The lowest BCUT2D eigenvalue weighted by molar-refractivity contribution is 0.101. The average Bonchev–Trinajstić information content (AvgIpc) is 2.81. The number of carbonyl (C=O) groups excluding carboxylic acids is 1. The first-order chi connectivity index (χ1) is 7.72. The number of methoxy groups -OCH3 is 1. The van der Waals surface area contributed by atoms with E-state index in [4.69, 9.17) is 4.74 Å². The first-order valence-electron chi connectivity index (χ1n) is 5.66. The molecule has 0 bridgehead atoms. The Kier molecular flexibility index (Phi) is 3.13. The zero-order valence-electron chi connectivity index (χ0n) is 9.82. The van der Waals surface area contributed by atoms with E-state index in [0.29, 0.717) is 0 Å². The smallest absolute Gasteiger partial charge is 0.162 e. The van der Waals surface area contributed by atoms with Gasteiger partial charge in [-0.25, -0.2) is 0 Å². The Bertz CT molecular complexity index is 395. The van der Waals surface area contributed by atoms with Gasteiger partial charge in [0, 0.05) is 24.3 Å². The number of rotatable bonds is 3. The summed E-state index contributed by atoms with van der Waals surface area (Å²) in [6, 6.07) is 5.73. The third kappa shape index (κ3) is 2.03. The lowest BCUT2D eigenvalue weighted by Crippen LogP contribution is -2.20. The zero-order valence-corrected chi connectivity index (χ0v) is 9.82. The van der Waals surface area contributed by atoms with Gasteiger partial charge in [-0.1, -0.05) is 0 Å². The Morgan fingerprint density at radius 2 is 2.00 bits per heavy atom. The van der Waals surface area contributed by atoms with Crippen molar-refractivity contribution in [3.8, 4) is 5.75 Å². The quantitative estimate of drug-likeness (QED) is 0.731. The Morgan fingerprint density at radius 3 is 2.56 bits per heavy atom. The number of benzene rings is 1. The molecule has 3 nitrogen and oxygen atoms in total. The molecule has 16 heavy (non-hydrogen) atoms. The molecule has 1 heterocycles. The van der Waals surface area contributed by atoms with Crippen molar-refractivity contribution in [1.29, 1.82) is 0 Å². The van der Waals surface area contributed by atoms with Crippen molar-refractivity contribution in [2.45, 2.75) is 19.8 Å². The molecule has 2 rings (SSSR count). The van der Waals surface area contributed by atoms with E-state index in [2.05, 4.69) is 4.90 Å². The van der Waals surface area contributed by atoms with E-state index >= 15 is 0 Å². The maximum Gasteiger partial charge on any atom is 0.162 e. The summed E-state index contributed by atoms with van der Waals surface area (Å²) in [4.78, 5) is 13.9. The first kappa shape index (κ1) is 11.0. The second-order valence-electron chi connectivity index (χ2n) is 4.13. The Morgan fingerprint density at radius 1 is 1.31 bits per heavy atom. The molecule has 1 aromatic rings. The molecule has 0 atom stereocenters. The fourth-order valence-electron chi connectivity index (χ4n) is 2.16. The van der Waals surface area contributed by atoms with Crippen LogP contribution in [0.3, 0.4) is 0 Å². The fourth-order valence-corrected chi connectivity index (χ4v) is 2.16. The van der Waals surface area contributed by atoms with Crippen LogP contribution in [-0.2, 0) is 0 Å². The largest absolute Gasteiger partial charge is 0.497 e. The summed E-state index contributed by atoms with van der Waals surface area (Å²) >= 11 is 0. The minimum atomic E-state index is 0.0980. The van der Waals surface area contributed by atoms with Crippen molar-refractivity contribution < 1.29 is 9.53 Å². The van der Waals surface area contributed by atoms with E-state index in [-0.39, 0.29) is 5.78 Å². The molecule has 0 N–H and O–H groups in total. The topological polar surface area (TPSA) is 29.5 Å². The molecule has 86 valence electrons. The van der Waals surface area contributed by atoms with Gasteiger partial charge < -0.3 is 9.64 Å². The average molecular weight is 219 g/mol. The van der Waals surface area contributed by atoms with Crippen LogP contribution >= 0.6 is 0 Å². The molecular weight excluding hydrogens is 202 g/mol. The van der Waals surface area contributed by atoms with Gasteiger partial charge in [-0.2, -0.15) is 0 Å². The molecule has 1 fully saturated rings. The van der Waals surface area contributed by atoms with E-state index in [0.717, 1.165) is 30.1 Å². The number of ether oxygens (including phenoxy) is 1. The molecule has 0 radical (unpaired) electrons. The standard InChI is InChI=1S/C13H17NO2/c1-10(15)12-9-11(16-2)5-6-13(12)14-7-3-4-8-14/h5-6,9H,3-4,7-8H2,1-2H3. The van der Waals surface area contributed by atoms with E-state index in [9.17, 15) is 4.79 Å². The molecular formula is C13H17NO2. The molecule has 0 spiro atoms. The van der Waals surface area contributed by atoms with Crippen molar-refractivity contribution in [2.75, 3.05) is 25.1 Å². The van der Waals surface area contributed by atoms with Crippen LogP contribution in [-0.4, -0.2) is 26.0 Å². The van der Waals surface area contributed by atoms with E-state index < -0.39 is 0 Å². The molecule has 1 aromatic carbocycles. The minimum absolute atomic E-state index is 0.0980. The molecule has 1 saturated heterocycles. The van der Waals surface area contributed by atoms with Crippen LogP contribution in [0.1, 0.15) is 30.1 Å². The van der Waals surface area contributed by atoms with Crippen LogP contribution in [0.5, 0.6) is 5.75 Å². The van der Waals surface area contributed by atoms with Gasteiger partial charge in [0.25, 0.3) is 0 Å². The maximum absolute atomic E-state index is 11.6. The molecule has 3 heteroatoms. The lowest BCUT2D eigenvalue weighted by Gasteiger charge is -2.20. The van der Waals surface area contributed by atoms with Gasteiger partial charge in [0.05, 0.1) is 7.11 Å². The summed E-state index contributed by atoms with van der Waals surface area (Å²) in [5.74, 6) is 0.842. The number of carbonyl (C=O) groups is 1. The van der Waals surface area contributed by atoms with Crippen molar-refractivity contribution >= 4 is 11.5 Å². The number of nitrogens with zero attached hydrogens (tertiary/aromatic N) is 1. The highest BCUT2D eigenvalue weighted by Crippen LogP contribution is 2.28. The van der Waals surface area contributed by atoms with Crippen LogP contribution in [0.15, 0.2) is 18.2 Å². The van der Waals surface area contributed by atoms with Gasteiger partial charge in [0.2, 0.25) is 0 Å². The van der Waals surface area contributed by atoms with Crippen molar-refractivity contribution in [2.24, 2.45) is 0 Å². The first-order valence-corrected chi connectivity index (χ1v) is 5.66. The lowest BCUT2D eigenvalue weighted by atomic mass is 10.1. The maximum atomic E-state index is 11.6. The van der Waals surface area contributed by atoms with Gasteiger partial charge in [0.1, 0.15) is 5.75 Å². The number of ketones is 1. The Hall–Kier alpha value is -1.51. The predicted octanol–water partition coefficient (Wildman–Crippen LogP) is 2.50. The zero-order chi connectivity index (χ0) is 11.5. The fraction of sp³-hybridized carbons (Fsp3) is 0.462. The molecule has 0 amide bonds. The van der Waals surface area contributed by atoms with Gasteiger partial charge in [-0.15, -0.1) is 0 Å². The SMILES string of the molecule is COc1ccc(N2CCCC2)c(C(C)=O)c1. The van der Waals surface area contributed by atoms with Gasteiger partial charge in [-0.05, 0) is 38.0 Å². The summed E-state index contributed by atoms with van der Waals surface area (Å²) in [5, 5.41) is 0. The number of Topliss-reactive ketones (excluding diaryl/α,β-unsaturated/α-hetero) is 1. The van der Waals surface area contributed by atoms with E-state index in [1.807, 2.05) is 18.2 Å². The number of hydrogen-bond acceptors (Lipinski definition) is 3. The highest BCUT2D eigenvalue weighted by atomic mass is 16.5. The molecule has 1 aliphatic rings. The Balaban J connectivity index is 2.39. The number of hydrogen-bond donors (Lipinski definition) is 0. The molecule has 0 unspecified atom stereocenters. The molecule has 0 aromatic heterocycles. The Labute approximate surface area is 96.0 Å². The van der Waals surface area contributed by atoms with Crippen LogP contribution in [0.25, 0.3) is 0 Å². The van der Waals surface area contributed by atoms with Crippen LogP contribution in [0, 0.1) is 0 Å². The van der Waals surface area contributed by atoms with Crippen molar-refractivity contribution in [1.82, 2.24) is 0 Å². The van der Waals surface area contributed by atoms with Crippen LogP contribution < -0.4 is 9.64 Å². The molecule has 1 aliphatic heterocycles. The van der Waals surface area contributed by atoms with Gasteiger partial charge in [0.15, 0.2) is 5.78 Å². The second kappa shape index (κ2) is 4.56.